The van der Waals surface area contributed by atoms with Crippen molar-refractivity contribution in [1.29, 1.82) is 0 Å². The van der Waals surface area contributed by atoms with Crippen LogP contribution in [0, 0.1) is 0 Å². The highest BCUT2D eigenvalue weighted by Crippen LogP contribution is 2.22. The van der Waals surface area contributed by atoms with Gasteiger partial charge in [0.1, 0.15) is 5.00 Å². The van der Waals surface area contributed by atoms with Crippen LogP contribution in [0.2, 0.25) is 0 Å². The summed E-state index contributed by atoms with van der Waals surface area (Å²) in [5.74, 6) is -0.705. The normalized spacial score (nSPS) is 15.1. The highest BCUT2D eigenvalue weighted by molar-refractivity contribution is 7.14. The van der Waals surface area contributed by atoms with E-state index in [1.807, 2.05) is 27.3 Å². The Bertz CT molecular complexity index is 764. The molecule has 9 heteroatoms. The van der Waals surface area contributed by atoms with E-state index in [0.717, 1.165) is 4.88 Å². The zero-order chi connectivity index (χ0) is 17.8. The van der Waals surface area contributed by atoms with Gasteiger partial charge in [0.2, 0.25) is 5.91 Å². The van der Waals surface area contributed by atoms with Gasteiger partial charge in [-0.2, -0.15) is 0 Å². The van der Waals surface area contributed by atoms with E-state index in [1.54, 1.807) is 11.4 Å². The predicted octanol–water partition coefficient (Wildman–Crippen LogP) is 1.30. The van der Waals surface area contributed by atoms with Gasteiger partial charge in [-0.25, -0.2) is 0 Å². The number of piperazine rings is 1. The first kappa shape index (κ1) is 17.6. The molecule has 0 radical (unpaired) electrons. The van der Waals surface area contributed by atoms with Crippen LogP contribution in [0.5, 0.6) is 0 Å². The van der Waals surface area contributed by atoms with Crippen LogP contribution in [0.15, 0.2) is 29.0 Å². The summed E-state index contributed by atoms with van der Waals surface area (Å²) in [6.45, 7) is 2.68. The molecule has 1 aliphatic rings. The number of hydrogen-bond acceptors (Lipinski definition) is 6. The minimum Gasteiger partial charge on any atom is -0.366 e. The highest BCUT2D eigenvalue weighted by Gasteiger charge is 2.24. The van der Waals surface area contributed by atoms with Gasteiger partial charge < -0.3 is 16.0 Å². The maximum Gasteiger partial charge on any atom is 0.264 e. The second kappa shape index (κ2) is 7.77. The number of rotatable bonds is 5. The largest absolute Gasteiger partial charge is 0.366 e. The molecule has 132 valence electrons. The second-order valence-corrected chi connectivity index (χ2v) is 7.49. The Hall–Kier alpha value is -2.23. The Labute approximate surface area is 153 Å². The Balaban J connectivity index is 1.49. The lowest BCUT2D eigenvalue weighted by Crippen LogP contribution is -2.50. The van der Waals surface area contributed by atoms with Crippen LogP contribution in [-0.2, 0) is 4.79 Å². The summed E-state index contributed by atoms with van der Waals surface area (Å²) >= 11 is 2.70. The van der Waals surface area contributed by atoms with Gasteiger partial charge in [0, 0.05) is 26.2 Å². The third-order valence-electron chi connectivity index (χ3n) is 3.94. The van der Waals surface area contributed by atoms with Gasteiger partial charge in [0.25, 0.3) is 11.8 Å². The van der Waals surface area contributed by atoms with E-state index in [0.29, 0.717) is 36.7 Å². The average molecular weight is 378 g/mol. The van der Waals surface area contributed by atoms with Crippen molar-refractivity contribution in [2.24, 2.45) is 5.73 Å². The fourth-order valence-electron chi connectivity index (χ4n) is 2.63. The number of hydrogen-bond donors (Lipinski definition) is 2. The summed E-state index contributed by atoms with van der Waals surface area (Å²) in [4.78, 5) is 40.3. The topological polar surface area (TPSA) is 95.7 Å². The van der Waals surface area contributed by atoms with Crippen LogP contribution in [0.3, 0.4) is 0 Å². The van der Waals surface area contributed by atoms with Crippen LogP contribution in [0.4, 0.5) is 5.00 Å². The monoisotopic (exact) mass is 378 g/mol. The number of primary amides is 1. The van der Waals surface area contributed by atoms with Crippen molar-refractivity contribution in [3.63, 3.8) is 0 Å². The van der Waals surface area contributed by atoms with Crippen molar-refractivity contribution in [1.82, 2.24) is 9.80 Å². The molecule has 0 unspecified atom stereocenters. The van der Waals surface area contributed by atoms with Crippen LogP contribution in [0.1, 0.15) is 20.0 Å². The number of carbonyl (C=O) groups is 3. The molecule has 0 spiro atoms. The zero-order valence-electron chi connectivity index (χ0n) is 13.4. The van der Waals surface area contributed by atoms with Crippen molar-refractivity contribution >= 4 is 45.4 Å². The first-order chi connectivity index (χ1) is 12.0. The zero-order valence-corrected chi connectivity index (χ0v) is 15.1. The average Bonchev–Trinajstić information content (AvgIpc) is 3.26. The molecule has 1 fully saturated rings. The van der Waals surface area contributed by atoms with E-state index in [9.17, 15) is 14.4 Å². The van der Waals surface area contributed by atoms with E-state index in [1.165, 1.54) is 22.7 Å². The smallest absolute Gasteiger partial charge is 0.264 e. The summed E-state index contributed by atoms with van der Waals surface area (Å²) in [6.07, 6.45) is 0. The van der Waals surface area contributed by atoms with E-state index in [-0.39, 0.29) is 18.4 Å². The van der Waals surface area contributed by atoms with Crippen LogP contribution in [0.25, 0.3) is 0 Å². The van der Waals surface area contributed by atoms with Crippen molar-refractivity contribution in [3.05, 3.63) is 39.4 Å². The number of thiophene rings is 2. The lowest BCUT2D eigenvalue weighted by Gasteiger charge is -2.34. The van der Waals surface area contributed by atoms with E-state index in [4.69, 9.17) is 5.73 Å². The highest BCUT2D eigenvalue weighted by atomic mass is 32.1. The quantitative estimate of drug-likeness (QED) is 0.820. The van der Waals surface area contributed by atoms with Gasteiger partial charge in [-0.3, -0.25) is 19.3 Å². The Kier molecular flexibility index (Phi) is 5.47. The van der Waals surface area contributed by atoms with E-state index in [2.05, 4.69) is 5.32 Å². The molecule has 25 heavy (non-hydrogen) atoms. The molecule has 0 aromatic carbocycles. The maximum absolute atomic E-state index is 12.3. The predicted molar refractivity (Wildman–Crippen MR) is 98.1 cm³/mol. The van der Waals surface area contributed by atoms with Crippen LogP contribution >= 0.6 is 22.7 Å². The summed E-state index contributed by atoms with van der Waals surface area (Å²) in [5.41, 5.74) is 5.60. The van der Waals surface area contributed by atoms with Crippen molar-refractivity contribution in [3.8, 4) is 0 Å². The van der Waals surface area contributed by atoms with Crippen LogP contribution in [-0.4, -0.2) is 60.2 Å². The Morgan fingerprint density at radius 3 is 2.48 bits per heavy atom. The minimum atomic E-state index is -0.558. The van der Waals surface area contributed by atoms with Gasteiger partial charge >= 0.3 is 0 Å². The molecule has 1 aliphatic heterocycles. The number of nitrogens with two attached hydrogens (primary N) is 1. The number of amides is 3. The summed E-state index contributed by atoms with van der Waals surface area (Å²) in [7, 11) is 0. The number of anilines is 1. The van der Waals surface area contributed by atoms with Crippen molar-refractivity contribution < 1.29 is 14.4 Å². The third-order valence-corrected chi connectivity index (χ3v) is 5.63. The SMILES string of the molecule is NC(=O)c1ccsc1NC(=O)CN1CCN(C(=O)c2cccs2)CC1. The molecule has 3 heterocycles. The lowest BCUT2D eigenvalue weighted by molar-refractivity contribution is -0.117. The molecule has 2 aromatic heterocycles. The maximum atomic E-state index is 12.3. The summed E-state index contributed by atoms with van der Waals surface area (Å²) in [6, 6.07) is 5.28. The third kappa shape index (κ3) is 4.25. The molecule has 0 bridgehead atoms. The molecule has 3 amide bonds. The molecule has 2 aromatic rings. The van der Waals surface area contributed by atoms with Gasteiger partial charge in [0.05, 0.1) is 17.0 Å². The first-order valence-corrected chi connectivity index (χ1v) is 9.53. The summed E-state index contributed by atoms with van der Waals surface area (Å²) in [5, 5.41) is 6.81. The number of carbonyl (C=O) groups excluding carboxylic acids is 3. The Morgan fingerprint density at radius 1 is 1.08 bits per heavy atom. The molecule has 0 aliphatic carbocycles. The fraction of sp³-hybridized carbons (Fsp3) is 0.312. The Morgan fingerprint density at radius 2 is 1.84 bits per heavy atom. The van der Waals surface area contributed by atoms with Crippen molar-refractivity contribution in [2.45, 2.75) is 0 Å². The second-order valence-electron chi connectivity index (χ2n) is 5.62. The molecule has 3 rings (SSSR count). The minimum absolute atomic E-state index is 0.0452. The summed E-state index contributed by atoms with van der Waals surface area (Å²) < 4.78 is 0. The van der Waals surface area contributed by atoms with Gasteiger partial charge in [-0.15, -0.1) is 22.7 Å². The van der Waals surface area contributed by atoms with Gasteiger partial charge in [0.15, 0.2) is 0 Å². The molecule has 1 saturated heterocycles. The van der Waals surface area contributed by atoms with Crippen LogP contribution < -0.4 is 11.1 Å². The van der Waals surface area contributed by atoms with Gasteiger partial charge in [-0.1, -0.05) is 6.07 Å². The molecule has 0 atom stereocenters. The molecular weight excluding hydrogens is 360 g/mol. The lowest BCUT2D eigenvalue weighted by atomic mass is 10.3. The number of nitrogens with one attached hydrogen (secondary N) is 1. The van der Waals surface area contributed by atoms with E-state index >= 15 is 0 Å². The van der Waals surface area contributed by atoms with Crippen molar-refractivity contribution in [2.75, 3.05) is 38.0 Å². The first-order valence-electron chi connectivity index (χ1n) is 7.77. The van der Waals surface area contributed by atoms with E-state index < -0.39 is 5.91 Å². The molecule has 3 N–H and O–H groups in total. The van der Waals surface area contributed by atoms with Gasteiger partial charge in [-0.05, 0) is 22.9 Å². The molecular formula is C16H18N4O3S2. The number of nitrogens with zero attached hydrogens (tertiary/aromatic N) is 2. The standard InChI is InChI=1S/C16H18N4O3S2/c17-14(22)11-3-9-25-15(11)18-13(21)10-19-4-6-20(7-5-19)16(23)12-2-1-8-24-12/h1-3,8-9H,4-7,10H2,(H2,17,22)(H,18,21). The molecule has 0 saturated carbocycles. The molecule has 7 nitrogen and oxygen atoms in total. The fourth-order valence-corrected chi connectivity index (χ4v) is 4.13.